The van der Waals surface area contributed by atoms with Crippen molar-refractivity contribution < 1.29 is 4.74 Å². The number of aryl methyl sites for hydroxylation is 1. The van der Waals surface area contributed by atoms with Gasteiger partial charge in [-0.25, -0.2) is 0 Å². The molecule has 4 nitrogen and oxygen atoms in total. The van der Waals surface area contributed by atoms with Crippen molar-refractivity contribution in [3.05, 3.63) is 47.8 Å². The molecule has 0 bridgehead atoms. The highest BCUT2D eigenvalue weighted by molar-refractivity contribution is 5.39. The average Bonchev–Trinajstić information content (AvgIpc) is 2.93. The number of hydrogen-bond acceptors (Lipinski definition) is 3. The van der Waals surface area contributed by atoms with E-state index in [-0.39, 0.29) is 6.04 Å². The summed E-state index contributed by atoms with van der Waals surface area (Å²) in [5, 5.41) is 7.86. The number of rotatable bonds is 6. The highest BCUT2D eigenvalue weighted by Crippen LogP contribution is 2.29. The maximum atomic E-state index is 5.47. The molecule has 0 aliphatic rings. The third-order valence-corrected chi connectivity index (χ3v) is 3.20. The number of methoxy groups -OCH3 is 1. The quantitative estimate of drug-likeness (QED) is 0.866. The second kappa shape index (κ2) is 6.38. The third kappa shape index (κ3) is 2.79. The molecule has 4 heteroatoms. The molecular weight excluding hydrogens is 238 g/mol. The Labute approximate surface area is 114 Å². The molecule has 1 aromatic heterocycles. The van der Waals surface area contributed by atoms with Gasteiger partial charge in [0.25, 0.3) is 0 Å². The first-order valence-corrected chi connectivity index (χ1v) is 6.69. The van der Waals surface area contributed by atoms with Crippen LogP contribution in [0.5, 0.6) is 5.75 Å². The Balaban J connectivity index is 2.45. The molecular formula is C15H21N3O. The van der Waals surface area contributed by atoms with Crippen LogP contribution in [0.3, 0.4) is 0 Å². The van der Waals surface area contributed by atoms with Crippen LogP contribution in [0.1, 0.15) is 31.1 Å². The van der Waals surface area contributed by atoms with E-state index in [1.54, 1.807) is 7.11 Å². The Bertz CT molecular complexity index is 522. The van der Waals surface area contributed by atoms with Gasteiger partial charge >= 0.3 is 0 Å². The molecule has 2 aromatic rings. The lowest BCUT2D eigenvalue weighted by atomic mass is 10.0. The summed E-state index contributed by atoms with van der Waals surface area (Å²) in [5.74, 6) is 0.900. The molecule has 0 fully saturated rings. The largest absolute Gasteiger partial charge is 0.496 e. The van der Waals surface area contributed by atoms with E-state index in [4.69, 9.17) is 4.74 Å². The fourth-order valence-electron chi connectivity index (χ4n) is 2.34. The fraction of sp³-hybridized carbons (Fsp3) is 0.400. The Morgan fingerprint density at radius 3 is 2.74 bits per heavy atom. The van der Waals surface area contributed by atoms with Crippen molar-refractivity contribution in [2.75, 3.05) is 13.7 Å². The van der Waals surface area contributed by atoms with E-state index in [1.807, 2.05) is 29.1 Å². The first-order chi connectivity index (χ1) is 9.31. The molecule has 1 atom stereocenters. The molecule has 1 unspecified atom stereocenters. The molecule has 0 saturated heterocycles. The second-order valence-electron chi connectivity index (χ2n) is 4.30. The normalized spacial score (nSPS) is 12.4. The van der Waals surface area contributed by atoms with E-state index >= 15 is 0 Å². The Morgan fingerprint density at radius 1 is 1.26 bits per heavy atom. The molecule has 2 rings (SSSR count). The van der Waals surface area contributed by atoms with Crippen molar-refractivity contribution in [2.45, 2.75) is 26.4 Å². The van der Waals surface area contributed by atoms with Crippen molar-refractivity contribution in [3.63, 3.8) is 0 Å². The Kier molecular flexibility index (Phi) is 4.58. The lowest BCUT2D eigenvalue weighted by Crippen LogP contribution is -2.25. The number of aromatic nitrogens is 2. The monoisotopic (exact) mass is 259 g/mol. The molecule has 102 valence electrons. The van der Waals surface area contributed by atoms with Gasteiger partial charge in [0.1, 0.15) is 5.75 Å². The van der Waals surface area contributed by atoms with Crippen LogP contribution >= 0.6 is 0 Å². The average molecular weight is 259 g/mol. The van der Waals surface area contributed by atoms with Gasteiger partial charge in [-0.3, -0.25) is 4.68 Å². The number of nitrogens with one attached hydrogen (secondary N) is 1. The smallest absolute Gasteiger partial charge is 0.124 e. The minimum Gasteiger partial charge on any atom is -0.496 e. The highest BCUT2D eigenvalue weighted by atomic mass is 16.5. The minimum atomic E-state index is 0.101. The summed E-state index contributed by atoms with van der Waals surface area (Å²) in [5.41, 5.74) is 2.30. The van der Waals surface area contributed by atoms with E-state index in [0.29, 0.717) is 0 Å². The van der Waals surface area contributed by atoms with Gasteiger partial charge < -0.3 is 10.1 Å². The van der Waals surface area contributed by atoms with Gasteiger partial charge in [-0.05, 0) is 25.6 Å². The summed E-state index contributed by atoms with van der Waals surface area (Å²) in [7, 11) is 1.71. The topological polar surface area (TPSA) is 39.1 Å². The summed E-state index contributed by atoms with van der Waals surface area (Å²) in [6.07, 6.45) is 1.85. The molecule has 1 N–H and O–H groups in total. The Morgan fingerprint density at radius 2 is 2.05 bits per heavy atom. The van der Waals surface area contributed by atoms with Gasteiger partial charge in [0.05, 0.1) is 18.8 Å². The van der Waals surface area contributed by atoms with Crippen LogP contribution in [0.25, 0.3) is 0 Å². The van der Waals surface area contributed by atoms with Crippen molar-refractivity contribution >= 4 is 0 Å². The zero-order valence-corrected chi connectivity index (χ0v) is 11.8. The Hall–Kier alpha value is -1.81. The van der Waals surface area contributed by atoms with Crippen LogP contribution in [-0.4, -0.2) is 23.4 Å². The van der Waals surface area contributed by atoms with Crippen molar-refractivity contribution in [1.29, 1.82) is 0 Å². The molecule has 1 aromatic carbocycles. The van der Waals surface area contributed by atoms with Crippen LogP contribution in [0.15, 0.2) is 36.5 Å². The van der Waals surface area contributed by atoms with Crippen LogP contribution in [0.4, 0.5) is 0 Å². The maximum Gasteiger partial charge on any atom is 0.124 e. The molecule has 1 heterocycles. The summed E-state index contributed by atoms with van der Waals surface area (Å²) < 4.78 is 7.49. The summed E-state index contributed by atoms with van der Waals surface area (Å²) >= 11 is 0. The van der Waals surface area contributed by atoms with E-state index in [2.05, 4.69) is 36.4 Å². The first kappa shape index (κ1) is 13.6. The molecule has 0 saturated carbocycles. The first-order valence-electron chi connectivity index (χ1n) is 6.69. The van der Waals surface area contributed by atoms with Gasteiger partial charge in [-0.2, -0.15) is 5.10 Å². The minimum absolute atomic E-state index is 0.101. The standard InChI is InChI=1S/C15H21N3O/c1-4-16-15(13-10-11-17-18(13)5-2)12-8-6-7-9-14(12)19-3/h6-11,15-16H,4-5H2,1-3H3. The van der Waals surface area contributed by atoms with E-state index in [1.165, 1.54) is 0 Å². The van der Waals surface area contributed by atoms with Crippen molar-refractivity contribution in [2.24, 2.45) is 0 Å². The van der Waals surface area contributed by atoms with Gasteiger partial charge in [-0.1, -0.05) is 25.1 Å². The highest BCUT2D eigenvalue weighted by Gasteiger charge is 2.20. The van der Waals surface area contributed by atoms with Gasteiger partial charge in [0.2, 0.25) is 0 Å². The van der Waals surface area contributed by atoms with Gasteiger partial charge in [0, 0.05) is 18.3 Å². The van der Waals surface area contributed by atoms with Crippen molar-refractivity contribution in [1.82, 2.24) is 15.1 Å². The number of para-hydroxylation sites is 1. The van der Waals surface area contributed by atoms with Crippen LogP contribution in [0, 0.1) is 0 Å². The molecule has 0 radical (unpaired) electrons. The van der Waals surface area contributed by atoms with E-state index in [9.17, 15) is 0 Å². The lowest BCUT2D eigenvalue weighted by molar-refractivity contribution is 0.402. The van der Waals surface area contributed by atoms with Crippen molar-refractivity contribution in [3.8, 4) is 5.75 Å². The lowest BCUT2D eigenvalue weighted by Gasteiger charge is -2.21. The number of benzene rings is 1. The van der Waals surface area contributed by atoms with Crippen LogP contribution < -0.4 is 10.1 Å². The van der Waals surface area contributed by atoms with Crippen LogP contribution in [-0.2, 0) is 6.54 Å². The molecule has 19 heavy (non-hydrogen) atoms. The van der Waals surface area contributed by atoms with Gasteiger partial charge in [-0.15, -0.1) is 0 Å². The molecule has 0 aliphatic carbocycles. The molecule has 0 amide bonds. The zero-order valence-electron chi connectivity index (χ0n) is 11.8. The summed E-state index contributed by atoms with van der Waals surface area (Å²) in [4.78, 5) is 0. The van der Waals surface area contributed by atoms with Gasteiger partial charge in [0.15, 0.2) is 0 Å². The predicted octanol–water partition coefficient (Wildman–Crippen LogP) is 2.61. The van der Waals surface area contributed by atoms with E-state index in [0.717, 1.165) is 30.1 Å². The number of nitrogens with zero attached hydrogens (tertiary/aromatic N) is 2. The van der Waals surface area contributed by atoms with E-state index < -0.39 is 0 Å². The maximum absolute atomic E-state index is 5.47. The predicted molar refractivity (Wildman–Crippen MR) is 76.4 cm³/mol. The SMILES string of the molecule is CCNC(c1ccccc1OC)c1ccnn1CC. The molecule has 0 aliphatic heterocycles. The second-order valence-corrected chi connectivity index (χ2v) is 4.30. The summed E-state index contributed by atoms with van der Waals surface area (Å²) in [6.45, 7) is 5.95. The number of ether oxygens (including phenoxy) is 1. The molecule has 0 spiro atoms. The van der Waals surface area contributed by atoms with Crippen LogP contribution in [0.2, 0.25) is 0 Å². The summed E-state index contributed by atoms with van der Waals surface area (Å²) in [6, 6.07) is 10.3. The fourth-order valence-corrected chi connectivity index (χ4v) is 2.34. The third-order valence-electron chi connectivity index (χ3n) is 3.20. The zero-order chi connectivity index (χ0) is 13.7. The number of hydrogen-bond donors (Lipinski definition) is 1.